The number of aliphatic hydroxyl groups excluding tert-OH is 1. The van der Waals surface area contributed by atoms with Gasteiger partial charge in [-0.1, -0.05) is 101 Å². The molecule has 0 aromatic carbocycles. The second-order valence-electron chi connectivity index (χ2n) is 14.8. The highest BCUT2D eigenvalue weighted by Gasteiger charge is 2.87. The molecule has 9 heteroatoms. The molecule has 4 aliphatic carbocycles. The largest absolute Gasteiger partial charge is 0.458 e. The van der Waals surface area contributed by atoms with Crippen LogP contribution in [0.5, 0.6) is 0 Å². The van der Waals surface area contributed by atoms with Crippen molar-refractivity contribution in [3.05, 3.63) is 23.3 Å². The maximum Gasteiger partial charge on any atom is 0.306 e. The number of halogens is 1. The van der Waals surface area contributed by atoms with Gasteiger partial charge in [-0.15, -0.1) is 0 Å². The zero-order chi connectivity index (χ0) is 33.4. The molecule has 0 spiro atoms. The van der Waals surface area contributed by atoms with E-state index >= 15 is 0 Å². The molecule has 4 rings (SSSR count). The lowest BCUT2D eigenvalue weighted by Gasteiger charge is -2.53. The van der Waals surface area contributed by atoms with E-state index in [0.717, 1.165) is 25.7 Å². The van der Waals surface area contributed by atoms with E-state index in [9.17, 15) is 29.7 Å². The van der Waals surface area contributed by atoms with Gasteiger partial charge in [0.1, 0.15) is 11.7 Å². The molecule has 4 aliphatic rings. The van der Waals surface area contributed by atoms with E-state index in [1.54, 1.807) is 26.0 Å². The molecule has 0 aromatic rings. The van der Waals surface area contributed by atoms with Crippen LogP contribution < -0.4 is 0 Å². The van der Waals surface area contributed by atoms with Crippen LogP contribution in [0.25, 0.3) is 0 Å². The van der Waals surface area contributed by atoms with Crippen LogP contribution in [0.4, 0.5) is 0 Å². The number of aliphatic hydroxyl groups is 3. The van der Waals surface area contributed by atoms with Crippen molar-refractivity contribution in [2.24, 2.45) is 29.1 Å². The van der Waals surface area contributed by atoms with Gasteiger partial charge in [0.15, 0.2) is 11.4 Å². The molecule has 45 heavy (non-hydrogen) atoms. The molecular formula is C36H55BrO8. The van der Waals surface area contributed by atoms with Gasteiger partial charge in [-0.2, -0.15) is 0 Å². The molecule has 254 valence electrons. The van der Waals surface area contributed by atoms with Crippen molar-refractivity contribution in [2.75, 3.05) is 6.61 Å². The Kier molecular flexibility index (Phi) is 11.2. The van der Waals surface area contributed by atoms with Gasteiger partial charge < -0.3 is 24.8 Å². The molecule has 0 aliphatic heterocycles. The summed E-state index contributed by atoms with van der Waals surface area (Å²) in [5, 5.41) is 34.8. The van der Waals surface area contributed by atoms with E-state index in [1.165, 1.54) is 39.0 Å². The second-order valence-corrected chi connectivity index (χ2v) is 16.1. The van der Waals surface area contributed by atoms with Crippen molar-refractivity contribution >= 4 is 33.7 Å². The van der Waals surface area contributed by atoms with Gasteiger partial charge in [0.05, 0.1) is 12.2 Å². The van der Waals surface area contributed by atoms with Crippen molar-refractivity contribution in [3.8, 4) is 0 Å². The SMILES string of the molecule is CCCCCCC(Br)CCCCCCC(=O)O[C@@]12[C@H](OC(C)=O)[C@@H](C)[C@@]3(O)[C@@H](C=C(CO)C[C@]4(O)C(=O)C(C)=C[C@@H]34)[C@@H]1C2(C)C. The molecule has 1 unspecified atom stereocenters. The highest BCUT2D eigenvalue weighted by atomic mass is 79.9. The number of ketones is 1. The third-order valence-corrected chi connectivity index (χ3v) is 12.5. The first-order valence-corrected chi connectivity index (χ1v) is 18.1. The summed E-state index contributed by atoms with van der Waals surface area (Å²) in [6.45, 7) is 10.4. The Morgan fingerprint density at radius 2 is 1.67 bits per heavy atom. The van der Waals surface area contributed by atoms with Crippen LogP contribution in [0, 0.1) is 29.1 Å². The van der Waals surface area contributed by atoms with Gasteiger partial charge in [-0.25, -0.2) is 0 Å². The predicted molar refractivity (Wildman–Crippen MR) is 175 cm³/mol. The number of hydrogen-bond donors (Lipinski definition) is 3. The topological polar surface area (TPSA) is 130 Å². The summed E-state index contributed by atoms with van der Waals surface area (Å²) in [7, 11) is 0. The Labute approximate surface area is 277 Å². The maximum atomic E-state index is 13.4. The number of Topliss-reactive ketones (excluding diaryl/α,β-unsaturated/α-hetero) is 1. The third-order valence-electron chi connectivity index (χ3n) is 11.6. The number of esters is 2. The fourth-order valence-corrected chi connectivity index (χ4v) is 9.81. The maximum absolute atomic E-state index is 13.4. The molecule has 0 aromatic heterocycles. The summed E-state index contributed by atoms with van der Waals surface area (Å²) in [5.74, 6) is -4.34. The summed E-state index contributed by atoms with van der Waals surface area (Å²) in [5.41, 5.74) is -4.74. The van der Waals surface area contributed by atoms with Crippen LogP contribution in [-0.2, 0) is 23.9 Å². The minimum Gasteiger partial charge on any atom is -0.458 e. The fourth-order valence-electron chi connectivity index (χ4n) is 9.17. The number of carbonyl (C=O) groups is 3. The summed E-state index contributed by atoms with van der Waals surface area (Å²) in [6.07, 6.45) is 13.7. The molecule has 2 saturated carbocycles. The van der Waals surface area contributed by atoms with Crippen LogP contribution in [0.3, 0.4) is 0 Å². The highest BCUT2D eigenvalue weighted by Crippen LogP contribution is 2.77. The molecule has 3 N–H and O–H groups in total. The number of unbranched alkanes of at least 4 members (excludes halogenated alkanes) is 6. The zero-order valence-electron chi connectivity index (χ0n) is 28.1. The molecule has 9 atom stereocenters. The normalized spacial score (nSPS) is 36.9. The smallest absolute Gasteiger partial charge is 0.306 e. The van der Waals surface area contributed by atoms with Gasteiger partial charge in [0, 0.05) is 53.7 Å². The van der Waals surface area contributed by atoms with Gasteiger partial charge in [0.25, 0.3) is 0 Å². The van der Waals surface area contributed by atoms with Crippen LogP contribution >= 0.6 is 15.9 Å². The van der Waals surface area contributed by atoms with Crippen LogP contribution in [0.15, 0.2) is 23.3 Å². The van der Waals surface area contributed by atoms with Crippen molar-refractivity contribution in [3.63, 3.8) is 0 Å². The number of alkyl halides is 1. The molecule has 8 nitrogen and oxygen atoms in total. The average Bonchev–Trinajstić information content (AvgIpc) is 3.40. The Bertz CT molecular complexity index is 1190. The van der Waals surface area contributed by atoms with Crippen LogP contribution in [-0.4, -0.2) is 67.4 Å². The summed E-state index contributed by atoms with van der Waals surface area (Å²) in [6, 6.07) is 0. The van der Waals surface area contributed by atoms with Crippen LogP contribution in [0.1, 0.15) is 119 Å². The van der Waals surface area contributed by atoms with Crippen molar-refractivity contribution in [2.45, 2.75) is 146 Å². The molecule has 0 heterocycles. The number of carbonyl (C=O) groups excluding carboxylic acids is 3. The lowest BCUT2D eigenvalue weighted by atomic mass is 9.59. The van der Waals surface area contributed by atoms with Crippen molar-refractivity contribution in [1.82, 2.24) is 0 Å². The lowest BCUT2D eigenvalue weighted by Crippen LogP contribution is -2.66. The third kappa shape index (κ3) is 6.37. The van der Waals surface area contributed by atoms with E-state index in [-0.39, 0.29) is 25.4 Å². The van der Waals surface area contributed by atoms with E-state index in [0.29, 0.717) is 22.4 Å². The van der Waals surface area contributed by atoms with E-state index in [4.69, 9.17) is 9.47 Å². The Morgan fingerprint density at radius 3 is 2.27 bits per heavy atom. The van der Waals surface area contributed by atoms with Gasteiger partial charge in [-0.05, 0) is 37.3 Å². The van der Waals surface area contributed by atoms with Crippen molar-refractivity contribution in [1.29, 1.82) is 0 Å². The number of hydrogen-bond acceptors (Lipinski definition) is 8. The number of fused-ring (bicyclic) bond motifs is 5. The molecule has 0 amide bonds. The minimum absolute atomic E-state index is 0.112. The van der Waals surface area contributed by atoms with E-state index < -0.39 is 63.7 Å². The van der Waals surface area contributed by atoms with E-state index in [1.807, 2.05) is 13.8 Å². The predicted octanol–water partition coefficient (Wildman–Crippen LogP) is 6.13. The highest BCUT2D eigenvalue weighted by molar-refractivity contribution is 9.09. The average molecular weight is 696 g/mol. The second kappa shape index (κ2) is 13.9. The summed E-state index contributed by atoms with van der Waals surface area (Å²) < 4.78 is 12.3. The molecule has 0 saturated heterocycles. The van der Waals surface area contributed by atoms with E-state index in [2.05, 4.69) is 22.9 Å². The van der Waals surface area contributed by atoms with Gasteiger partial charge in [-0.3, -0.25) is 14.4 Å². The fraction of sp³-hybridized carbons (Fsp3) is 0.806. The molecular weight excluding hydrogens is 640 g/mol. The van der Waals surface area contributed by atoms with Gasteiger partial charge in [0.2, 0.25) is 0 Å². The standard InChI is InChI=1S/C36H55BrO8/c1-7-8-9-12-15-26(37)16-13-10-11-14-17-29(40)45-36-30(33(36,5)6)27-19-25(21-38)20-34(42)28(18-22(2)31(34)41)35(27,43)23(3)32(36)44-24(4)39/h18-19,23,26-28,30,32,38,42-43H,7-17,20-21H2,1-6H3/t23-,26?,27+,28-,30-,32-,34-,35-,36-/m1/s1. The number of ether oxygens (including phenoxy) is 2. The summed E-state index contributed by atoms with van der Waals surface area (Å²) in [4.78, 5) is 39.7. The Morgan fingerprint density at radius 1 is 1.04 bits per heavy atom. The zero-order valence-corrected chi connectivity index (χ0v) is 29.7. The first kappa shape index (κ1) is 36.3. The van der Waals surface area contributed by atoms with Crippen LogP contribution in [0.2, 0.25) is 0 Å². The Hall–Kier alpha value is -1.55. The summed E-state index contributed by atoms with van der Waals surface area (Å²) >= 11 is 3.81. The first-order valence-electron chi connectivity index (χ1n) is 17.1. The molecule has 0 bridgehead atoms. The molecule has 0 radical (unpaired) electrons. The number of rotatable bonds is 15. The lowest BCUT2D eigenvalue weighted by molar-refractivity contribution is -0.228. The quantitative estimate of drug-likeness (QED) is 0.0809. The monoisotopic (exact) mass is 694 g/mol. The Balaban J connectivity index is 1.50. The van der Waals surface area contributed by atoms with Gasteiger partial charge >= 0.3 is 11.9 Å². The first-order chi connectivity index (χ1) is 21.1. The minimum atomic E-state index is -1.93. The molecule has 2 fully saturated rings. The van der Waals surface area contributed by atoms with Crippen molar-refractivity contribution < 1.29 is 39.2 Å².